The van der Waals surface area contributed by atoms with Gasteiger partial charge in [-0.1, -0.05) is 0 Å². The van der Waals surface area contributed by atoms with E-state index in [1.54, 1.807) is 12.3 Å². The molecular weight excluding hydrogens is 186 g/mol. The molecule has 0 amide bonds. The summed E-state index contributed by atoms with van der Waals surface area (Å²) in [6, 6.07) is 7.41. The van der Waals surface area contributed by atoms with Crippen LogP contribution in [0.2, 0.25) is 5.22 Å². The first kappa shape index (κ1) is 8.32. The van der Waals surface area contributed by atoms with Crippen molar-refractivity contribution < 1.29 is 4.42 Å². The molecule has 0 unspecified atom stereocenters. The number of aryl methyl sites for hydroxylation is 1. The largest absolute Gasteiger partial charge is 0.443 e. The Balaban J connectivity index is 2.46. The van der Waals surface area contributed by atoms with Gasteiger partial charge in [0.2, 0.25) is 0 Å². The van der Waals surface area contributed by atoms with Gasteiger partial charge in [0, 0.05) is 6.20 Å². The van der Waals surface area contributed by atoms with Crippen LogP contribution >= 0.6 is 11.6 Å². The number of pyridine rings is 1. The minimum Gasteiger partial charge on any atom is -0.443 e. The van der Waals surface area contributed by atoms with E-state index < -0.39 is 0 Å². The zero-order valence-corrected chi connectivity index (χ0v) is 7.88. The zero-order valence-electron chi connectivity index (χ0n) is 7.12. The number of nitrogens with zero attached hydrogens (tertiary/aromatic N) is 1. The number of furan rings is 1. The number of hydrogen-bond acceptors (Lipinski definition) is 2. The van der Waals surface area contributed by atoms with Gasteiger partial charge >= 0.3 is 0 Å². The van der Waals surface area contributed by atoms with E-state index in [9.17, 15) is 0 Å². The third-order valence-corrected chi connectivity index (χ3v) is 1.94. The molecule has 0 aromatic carbocycles. The van der Waals surface area contributed by atoms with Crippen LogP contribution < -0.4 is 0 Å². The molecular formula is C10H8ClNO. The molecule has 2 nitrogen and oxygen atoms in total. The Hall–Kier alpha value is -1.28. The van der Waals surface area contributed by atoms with Gasteiger partial charge in [-0.25, -0.2) is 0 Å². The van der Waals surface area contributed by atoms with Crippen molar-refractivity contribution in [2.75, 3.05) is 0 Å². The van der Waals surface area contributed by atoms with Gasteiger partial charge in [0.1, 0.15) is 5.69 Å². The van der Waals surface area contributed by atoms with Crippen LogP contribution in [0.4, 0.5) is 0 Å². The van der Waals surface area contributed by atoms with E-state index in [0.29, 0.717) is 11.0 Å². The Morgan fingerprint density at radius 3 is 2.77 bits per heavy atom. The second kappa shape index (κ2) is 3.23. The van der Waals surface area contributed by atoms with Crippen molar-refractivity contribution in [2.45, 2.75) is 6.92 Å². The lowest BCUT2D eigenvalue weighted by Crippen LogP contribution is -1.81. The van der Waals surface area contributed by atoms with Crippen LogP contribution in [0.15, 0.2) is 34.9 Å². The van der Waals surface area contributed by atoms with E-state index in [1.165, 1.54) is 0 Å². The summed E-state index contributed by atoms with van der Waals surface area (Å²) in [6.07, 6.45) is 1.75. The maximum atomic E-state index is 5.66. The second-order valence-corrected chi connectivity index (χ2v) is 3.19. The van der Waals surface area contributed by atoms with E-state index >= 15 is 0 Å². The molecule has 0 radical (unpaired) electrons. The van der Waals surface area contributed by atoms with Crippen molar-refractivity contribution >= 4 is 11.6 Å². The fourth-order valence-electron chi connectivity index (χ4n) is 1.12. The first-order chi connectivity index (χ1) is 6.25. The van der Waals surface area contributed by atoms with Crippen molar-refractivity contribution in [3.8, 4) is 11.5 Å². The van der Waals surface area contributed by atoms with Crippen molar-refractivity contribution in [3.63, 3.8) is 0 Å². The van der Waals surface area contributed by atoms with Crippen LogP contribution in [-0.2, 0) is 0 Å². The molecule has 2 rings (SSSR count). The molecule has 3 heteroatoms. The summed E-state index contributed by atoms with van der Waals surface area (Å²) in [5.41, 5.74) is 1.96. The molecule has 66 valence electrons. The summed E-state index contributed by atoms with van der Waals surface area (Å²) in [6.45, 7) is 2.01. The molecule has 2 aromatic heterocycles. The van der Waals surface area contributed by atoms with Crippen molar-refractivity contribution in [2.24, 2.45) is 0 Å². The molecule has 0 saturated heterocycles. The third-order valence-electron chi connectivity index (χ3n) is 1.74. The van der Waals surface area contributed by atoms with Gasteiger partial charge in [-0.3, -0.25) is 4.98 Å². The Kier molecular flexibility index (Phi) is 2.07. The van der Waals surface area contributed by atoms with E-state index in [-0.39, 0.29) is 0 Å². The summed E-state index contributed by atoms with van der Waals surface area (Å²) >= 11 is 5.66. The Morgan fingerprint density at radius 2 is 2.15 bits per heavy atom. The summed E-state index contributed by atoms with van der Waals surface area (Å²) in [7, 11) is 0. The minimum absolute atomic E-state index is 0.387. The molecule has 13 heavy (non-hydrogen) atoms. The minimum atomic E-state index is 0.387. The highest BCUT2D eigenvalue weighted by Crippen LogP contribution is 2.23. The second-order valence-electron chi connectivity index (χ2n) is 2.82. The lowest BCUT2D eigenvalue weighted by molar-refractivity contribution is 0.582. The third kappa shape index (κ3) is 1.73. The lowest BCUT2D eigenvalue weighted by atomic mass is 10.2. The molecule has 0 N–H and O–H groups in total. The van der Waals surface area contributed by atoms with E-state index in [1.807, 2.05) is 25.1 Å². The van der Waals surface area contributed by atoms with Gasteiger partial charge in [-0.2, -0.15) is 0 Å². The Morgan fingerprint density at radius 1 is 1.31 bits per heavy atom. The van der Waals surface area contributed by atoms with Gasteiger partial charge in [-0.05, 0) is 48.4 Å². The summed E-state index contributed by atoms with van der Waals surface area (Å²) < 4.78 is 5.23. The quantitative estimate of drug-likeness (QED) is 0.695. The van der Waals surface area contributed by atoms with Crippen LogP contribution in [0.1, 0.15) is 5.56 Å². The van der Waals surface area contributed by atoms with E-state index in [0.717, 1.165) is 11.3 Å². The number of aromatic nitrogens is 1. The van der Waals surface area contributed by atoms with Gasteiger partial charge in [-0.15, -0.1) is 0 Å². The highest BCUT2D eigenvalue weighted by molar-refractivity contribution is 6.28. The standard InChI is InChI=1S/C10H8ClNO/c1-7-4-5-12-8(6-7)9-2-3-10(11)13-9/h2-6H,1H3. The van der Waals surface area contributed by atoms with E-state index in [4.69, 9.17) is 16.0 Å². The molecule has 2 heterocycles. The number of hydrogen-bond donors (Lipinski definition) is 0. The molecule has 0 saturated carbocycles. The van der Waals surface area contributed by atoms with Crippen LogP contribution in [0.3, 0.4) is 0 Å². The predicted molar refractivity (Wildman–Crippen MR) is 51.7 cm³/mol. The van der Waals surface area contributed by atoms with Crippen LogP contribution in [0.5, 0.6) is 0 Å². The summed E-state index contributed by atoms with van der Waals surface area (Å²) in [5, 5.41) is 0.387. The first-order valence-electron chi connectivity index (χ1n) is 3.94. The molecule has 0 aliphatic carbocycles. The maximum Gasteiger partial charge on any atom is 0.194 e. The first-order valence-corrected chi connectivity index (χ1v) is 4.32. The highest BCUT2D eigenvalue weighted by Gasteiger charge is 2.03. The van der Waals surface area contributed by atoms with E-state index in [2.05, 4.69) is 4.98 Å². The normalized spacial score (nSPS) is 10.3. The molecule has 0 atom stereocenters. The monoisotopic (exact) mass is 193 g/mol. The molecule has 0 aliphatic heterocycles. The predicted octanol–water partition coefficient (Wildman–Crippen LogP) is 3.30. The molecule has 0 bridgehead atoms. The maximum absolute atomic E-state index is 5.66. The van der Waals surface area contributed by atoms with Crippen molar-refractivity contribution in [3.05, 3.63) is 41.2 Å². The molecule has 0 aliphatic rings. The smallest absolute Gasteiger partial charge is 0.194 e. The van der Waals surface area contributed by atoms with Gasteiger partial charge in [0.05, 0.1) is 0 Å². The summed E-state index contributed by atoms with van der Waals surface area (Å²) in [4.78, 5) is 4.17. The Bertz CT molecular complexity index is 422. The summed E-state index contributed by atoms with van der Waals surface area (Å²) in [5.74, 6) is 0.703. The number of rotatable bonds is 1. The number of halogens is 1. The van der Waals surface area contributed by atoms with Crippen LogP contribution in [-0.4, -0.2) is 4.98 Å². The van der Waals surface area contributed by atoms with Crippen LogP contribution in [0.25, 0.3) is 11.5 Å². The highest BCUT2D eigenvalue weighted by atomic mass is 35.5. The van der Waals surface area contributed by atoms with Crippen molar-refractivity contribution in [1.82, 2.24) is 4.98 Å². The zero-order chi connectivity index (χ0) is 9.26. The topological polar surface area (TPSA) is 26.0 Å². The fraction of sp³-hybridized carbons (Fsp3) is 0.100. The SMILES string of the molecule is Cc1ccnc(-c2ccc(Cl)o2)c1. The van der Waals surface area contributed by atoms with Gasteiger partial charge < -0.3 is 4.42 Å². The lowest BCUT2D eigenvalue weighted by Gasteiger charge is -1.96. The van der Waals surface area contributed by atoms with Crippen LogP contribution in [0, 0.1) is 6.92 Å². The molecule has 0 spiro atoms. The Labute approximate surface area is 81.2 Å². The average molecular weight is 194 g/mol. The van der Waals surface area contributed by atoms with Gasteiger partial charge in [0.15, 0.2) is 11.0 Å². The fourth-order valence-corrected chi connectivity index (χ4v) is 1.27. The molecule has 2 aromatic rings. The van der Waals surface area contributed by atoms with Gasteiger partial charge in [0.25, 0.3) is 0 Å². The average Bonchev–Trinajstić information content (AvgIpc) is 2.52. The van der Waals surface area contributed by atoms with Crippen molar-refractivity contribution in [1.29, 1.82) is 0 Å². The molecule has 0 fully saturated rings.